The van der Waals surface area contributed by atoms with Crippen LogP contribution in [0.3, 0.4) is 0 Å². The SMILES string of the molecule is NC(=O)c1ccccc1NC(=O)COc1ccc2cc(Br)ccc2c1Br. The molecule has 0 atom stereocenters. The smallest absolute Gasteiger partial charge is 0.262 e. The van der Waals surface area contributed by atoms with Crippen molar-refractivity contribution < 1.29 is 14.3 Å². The van der Waals surface area contributed by atoms with Gasteiger partial charge in [0.2, 0.25) is 0 Å². The van der Waals surface area contributed by atoms with E-state index in [1.165, 1.54) is 0 Å². The van der Waals surface area contributed by atoms with E-state index in [9.17, 15) is 9.59 Å². The minimum atomic E-state index is -0.606. The van der Waals surface area contributed by atoms with E-state index >= 15 is 0 Å². The first-order valence-corrected chi connectivity index (χ1v) is 9.23. The molecule has 3 rings (SSSR count). The number of nitrogens with one attached hydrogen (secondary N) is 1. The summed E-state index contributed by atoms with van der Waals surface area (Å²) >= 11 is 6.96. The zero-order chi connectivity index (χ0) is 18.7. The number of carbonyl (C=O) groups is 2. The van der Waals surface area contributed by atoms with Gasteiger partial charge in [0.15, 0.2) is 6.61 Å². The molecule has 0 aliphatic rings. The highest BCUT2D eigenvalue weighted by molar-refractivity contribution is 9.11. The van der Waals surface area contributed by atoms with E-state index in [0.29, 0.717) is 11.4 Å². The van der Waals surface area contributed by atoms with Crippen LogP contribution in [0.4, 0.5) is 5.69 Å². The summed E-state index contributed by atoms with van der Waals surface area (Å²) in [5.74, 6) is -0.440. The lowest BCUT2D eigenvalue weighted by Crippen LogP contribution is -2.23. The number of rotatable bonds is 5. The minimum Gasteiger partial charge on any atom is -0.483 e. The Morgan fingerprint density at radius 2 is 1.81 bits per heavy atom. The van der Waals surface area contributed by atoms with E-state index < -0.39 is 5.91 Å². The van der Waals surface area contributed by atoms with Gasteiger partial charge in [0.25, 0.3) is 11.8 Å². The Kier molecular flexibility index (Phi) is 5.58. The molecule has 2 amide bonds. The molecule has 0 aromatic heterocycles. The number of carbonyl (C=O) groups excluding carboxylic acids is 2. The van der Waals surface area contributed by atoms with Gasteiger partial charge in [0, 0.05) is 4.47 Å². The first-order chi connectivity index (χ1) is 12.5. The van der Waals surface area contributed by atoms with Gasteiger partial charge in [-0.3, -0.25) is 9.59 Å². The van der Waals surface area contributed by atoms with Crippen LogP contribution in [0.15, 0.2) is 63.5 Å². The number of anilines is 1. The van der Waals surface area contributed by atoms with Crippen LogP contribution in [0.2, 0.25) is 0 Å². The molecule has 0 saturated heterocycles. The van der Waals surface area contributed by atoms with Crippen LogP contribution in [0.25, 0.3) is 10.8 Å². The predicted octanol–water partition coefficient (Wildman–Crippen LogP) is 4.48. The lowest BCUT2D eigenvalue weighted by atomic mass is 10.1. The van der Waals surface area contributed by atoms with Crippen LogP contribution in [-0.4, -0.2) is 18.4 Å². The van der Waals surface area contributed by atoms with Crippen molar-refractivity contribution in [3.05, 3.63) is 69.1 Å². The molecule has 3 aromatic carbocycles. The fraction of sp³-hybridized carbons (Fsp3) is 0.0526. The molecule has 3 aromatic rings. The van der Waals surface area contributed by atoms with Crippen molar-refractivity contribution in [3.8, 4) is 5.75 Å². The molecular formula is C19H14Br2N2O3. The normalized spacial score (nSPS) is 10.5. The highest BCUT2D eigenvalue weighted by Crippen LogP contribution is 2.34. The van der Waals surface area contributed by atoms with Crippen molar-refractivity contribution in [1.29, 1.82) is 0 Å². The Labute approximate surface area is 166 Å². The summed E-state index contributed by atoms with van der Waals surface area (Å²) in [6.45, 7) is -0.201. The molecule has 0 spiro atoms. The molecule has 0 aliphatic carbocycles. The zero-order valence-electron chi connectivity index (χ0n) is 13.5. The molecule has 0 heterocycles. The topological polar surface area (TPSA) is 81.4 Å². The van der Waals surface area contributed by atoms with Gasteiger partial charge in [-0.2, -0.15) is 0 Å². The van der Waals surface area contributed by atoms with Gasteiger partial charge in [-0.1, -0.05) is 40.2 Å². The number of nitrogens with two attached hydrogens (primary N) is 1. The molecule has 0 unspecified atom stereocenters. The number of ether oxygens (including phenoxy) is 1. The van der Waals surface area contributed by atoms with Gasteiger partial charge in [0.05, 0.1) is 15.7 Å². The zero-order valence-corrected chi connectivity index (χ0v) is 16.6. The summed E-state index contributed by atoms with van der Waals surface area (Å²) in [6, 6.07) is 16.2. The van der Waals surface area contributed by atoms with Crippen LogP contribution in [0.1, 0.15) is 10.4 Å². The Morgan fingerprint density at radius 1 is 1.04 bits per heavy atom. The number of benzene rings is 3. The van der Waals surface area contributed by atoms with Gasteiger partial charge in [-0.05, 0) is 57.0 Å². The van der Waals surface area contributed by atoms with Crippen LogP contribution in [0.5, 0.6) is 5.75 Å². The molecular weight excluding hydrogens is 464 g/mol. The third kappa shape index (κ3) is 4.05. The second-order valence-electron chi connectivity index (χ2n) is 5.49. The summed E-state index contributed by atoms with van der Waals surface area (Å²) in [7, 11) is 0. The maximum atomic E-state index is 12.2. The van der Waals surface area contributed by atoms with E-state index in [1.807, 2.05) is 24.3 Å². The molecule has 26 heavy (non-hydrogen) atoms. The Hall–Kier alpha value is -2.38. The van der Waals surface area contributed by atoms with Gasteiger partial charge < -0.3 is 15.8 Å². The second-order valence-corrected chi connectivity index (χ2v) is 7.20. The quantitative estimate of drug-likeness (QED) is 0.568. The van der Waals surface area contributed by atoms with Crippen LogP contribution >= 0.6 is 31.9 Å². The van der Waals surface area contributed by atoms with Gasteiger partial charge in [0.1, 0.15) is 5.75 Å². The summed E-state index contributed by atoms with van der Waals surface area (Å²) in [4.78, 5) is 23.6. The fourth-order valence-electron chi connectivity index (χ4n) is 2.49. The standard InChI is InChI=1S/C19H14Br2N2O3/c20-12-6-7-13-11(9-12)5-8-16(18(13)21)26-10-17(24)23-15-4-2-1-3-14(15)19(22)25/h1-9H,10H2,(H2,22,25)(H,23,24). The maximum Gasteiger partial charge on any atom is 0.262 e. The number of halogens is 2. The van der Waals surface area contributed by atoms with Crippen molar-refractivity contribution in [3.63, 3.8) is 0 Å². The van der Waals surface area contributed by atoms with Crippen LogP contribution in [0, 0.1) is 0 Å². The van der Waals surface area contributed by atoms with E-state index in [2.05, 4.69) is 37.2 Å². The molecule has 0 radical (unpaired) electrons. The van der Waals surface area contributed by atoms with Gasteiger partial charge >= 0.3 is 0 Å². The molecule has 7 heteroatoms. The van der Waals surface area contributed by atoms with Crippen molar-refractivity contribution in [2.24, 2.45) is 5.73 Å². The largest absolute Gasteiger partial charge is 0.483 e. The van der Waals surface area contributed by atoms with Crippen LogP contribution < -0.4 is 15.8 Å². The van der Waals surface area contributed by atoms with E-state index in [4.69, 9.17) is 10.5 Å². The molecule has 0 bridgehead atoms. The predicted molar refractivity (Wildman–Crippen MR) is 108 cm³/mol. The number of hydrogen-bond acceptors (Lipinski definition) is 3. The number of fused-ring (bicyclic) bond motifs is 1. The molecule has 132 valence electrons. The number of hydrogen-bond donors (Lipinski definition) is 2. The number of amides is 2. The van der Waals surface area contributed by atoms with Crippen molar-refractivity contribution in [2.75, 3.05) is 11.9 Å². The lowest BCUT2D eigenvalue weighted by Gasteiger charge is -2.12. The first-order valence-electron chi connectivity index (χ1n) is 7.65. The molecule has 3 N–H and O–H groups in total. The number of para-hydroxylation sites is 1. The summed E-state index contributed by atoms with van der Waals surface area (Å²) in [6.07, 6.45) is 0. The minimum absolute atomic E-state index is 0.201. The third-order valence-electron chi connectivity index (χ3n) is 3.71. The Bertz CT molecular complexity index is 1010. The third-order valence-corrected chi connectivity index (χ3v) is 5.02. The molecule has 0 fully saturated rings. The highest BCUT2D eigenvalue weighted by Gasteiger charge is 2.12. The average Bonchev–Trinajstić information content (AvgIpc) is 2.61. The van der Waals surface area contributed by atoms with E-state index in [0.717, 1.165) is 19.7 Å². The van der Waals surface area contributed by atoms with E-state index in [-0.39, 0.29) is 18.1 Å². The lowest BCUT2D eigenvalue weighted by molar-refractivity contribution is -0.118. The van der Waals surface area contributed by atoms with Crippen LogP contribution in [-0.2, 0) is 4.79 Å². The fourth-order valence-corrected chi connectivity index (χ4v) is 3.48. The van der Waals surface area contributed by atoms with Gasteiger partial charge in [-0.25, -0.2) is 0 Å². The monoisotopic (exact) mass is 476 g/mol. The highest BCUT2D eigenvalue weighted by atomic mass is 79.9. The Balaban J connectivity index is 1.72. The van der Waals surface area contributed by atoms with Crippen molar-refractivity contribution >= 4 is 60.1 Å². The maximum absolute atomic E-state index is 12.2. The first kappa shape index (κ1) is 18.4. The summed E-state index contributed by atoms with van der Waals surface area (Å²) in [5.41, 5.74) is 5.91. The van der Waals surface area contributed by atoms with E-state index in [1.54, 1.807) is 30.3 Å². The summed E-state index contributed by atoms with van der Waals surface area (Å²) < 4.78 is 7.38. The van der Waals surface area contributed by atoms with Gasteiger partial charge in [-0.15, -0.1) is 0 Å². The molecule has 5 nitrogen and oxygen atoms in total. The molecule has 0 aliphatic heterocycles. The van der Waals surface area contributed by atoms with Crippen molar-refractivity contribution in [1.82, 2.24) is 0 Å². The van der Waals surface area contributed by atoms with Crippen molar-refractivity contribution in [2.45, 2.75) is 0 Å². The molecule has 0 saturated carbocycles. The Morgan fingerprint density at radius 3 is 2.58 bits per heavy atom. The number of primary amides is 1. The average molecular weight is 478 g/mol. The summed E-state index contributed by atoms with van der Waals surface area (Å²) in [5, 5.41) is 4.66. The second kappa shape index (κ2) is 7.88.